The summed E-state index contributed by atoms with van der Waals surface area (Å²) in [7, 11) is 0. The van der Waals surface area contributed by atoms with E-state index in [1.165, 1.54) is 12.1 Å². The number of halogens is 1. The maximum atomic E-state index is 13.4. The molecule has 6 nitrogen and oxygen atoms in total. The van der Waals surface area contributed by atoms with Crippen molar-refractivity contribution in [3.05, 3.63) is 48.7 Å². The smallest absolute Gasteiger partial charge is 0.180 e. The van der Waals surface area contributed by atoms with Crippen molar-refractivity contribution in [2.75, 3.05) is 5.73 Å². The van der Waals surface area contributed by atoms with E-state index in [0.29, 0.717) is 30.2 Å². The van der Waals surface area contributed by atoms with Gasteiger partial charge in [0.15, 0.2) is 5.82 Å². The third-order valence-corrected chi connectivity index (χ3v) is 5.33. The van der Waals surface area contributed by atoms with Crippen LogP contribution in [0, 0.1) is 17.7 Å². The number of rotatable bonds is 3. The fourth-order valence-corrected chi connectivity index (χ4v) is 3.88. The number of aliphatic hydroxyl groups is 1. The summed E-state index contributed by atoms with van der Waals surface area (Å²) in [4.78, 5) is 13.4. The lowest BCUT2D eigenvalue weighted by Gasteiger charge is -2.33. The van der Waals surface area contributed by atoms with Crippen molar-refractivity contribution in [2.45, 2.75) is 44.2 Å². The monoisotopic (exact) mass is 391 g/mol. The number of nitrogens with two attached hydrogens (primary N) is 1. The van der Waals surface area contributed by atoms with Gasteiger partial charge in [-0.05, 0) is 62.9 Å². The van der Waals surface area contributed by atoms with Crippen LogP contribution in [0.5, 0.6) is 0 Å². The van der Waals surface area contributed by atoms with E-state index in [1.54, 1.807) is 37.6 Å². The first-order valence-corrected chi connectivity index (χ1v) is 9.57. The van der Waals surface area contributed by atoms with Gasteiger partial charge in [-0.3, -0.25) is 0 Å². The van der Waals surface area contributed by atoms with Gasteiger partial charge in [-0.15, -0.1) is 5.92 Å². The zero-order valence-corrected chi connectivity index (χ0v) is 16.1. The summed E-state index contributed by atoms with van der Waals surface area (Å²) in [5.74, 6) is 6.28. The number of anilines is 1. The van der Waals surface area contributed by atoms with Crippen LogP contribution in [0.25, 0.3) is 22.8 Å². The topological polar surface area (TPSA) is 89.8 Å². The third-order valence-electron chi connectivity index (χ3n) is 5.33. The van der Waals surface area contributed by atoms with E-state index in [9.17, 15) is 9.50 Å². The molecule has 29 heavy (non-hydrogen) atoms. The molecule has 148 valence electrons. The highest BCUT2D eigenvalue weighted by molar-refractivity contribution is 5.75. The Bertz CT molecular complexity index is 1070. The van der Waals surface area contributed by atoms with Gasteiger partial charge in [0.25, 0.3) is 0 Å². The summed E-state index contributed by atoms with van der Waals surface area (Å²) in [6, 6.07) is 7.94. The van der Waals surface area contributed by atoms with Crippen LogP contribution >= 0.6 is 0 Å². The van der Waals surface area contributed by atoms with Gasteiger partial charge in [0.2, 0.25) is 0 Å². The zero-order chi connectivity index (χ0) is 20.4. The lowest BCUT2D eigenvalue weighted by atomic mass is 9.82. The first-order valence-electron chi connectivity index (χ1n) is 9.57. The average molecular weight is 391 g/mol. The molecule has 0 bridgehead atoms. The van der Waals surface area contributed by atoms with Crippen molar-refractivity contribution in [1.29, 1.82) is 0 Å². The van der Waals surface area contributed by atoms with Gasteiger partial charge >= 0.3 is 0 Å². The lowest BCUT2D eigenvalue weighted by molar-refractivity contribution is 0.0463. The van der Waals surface area contributed by atoms with Crippen molar-refractivity contribution < 1.29 is 9.50 Å². The molecular formula is C22H22FN5O. The fourth-order valence-electron chi connectivity index (χ4n) is 3.88. The highest BCUT2D eigenvalue weighted by atomic mass is 19.1. The molecule has 0 saturated heterocycles. The molecule has 2 heterocycles. The number of nitrogen functional groups attached to an aromatic ring is 1. The number of hydrogen-bond acceptors (Lipinski definition) is 5. The second-order valence-corrected chi connectivity index (χ2v) is 7.30. The van der Waals surface area contributed by atoms with Crippen LogP contribution in [-0.2, 0) is 0 Å². The molecule has 3 aromatic rings. The first-order chi connectivity index (χ1) is 14.0. The molecule has 0 spiro atoms. The van der Waals surface area contributed by atoms with E-state index < -0.39 is 5.60 Å². The highest BCUT2D eigenvalue weighted by Crippen LogP contribution is 2.39. The number of benzene rings is 1. The fraction of sp³-hybridized carbons (Fsp3) is 0.318. The average Bonchev–Trinajstić information content (AvgIpc) is 3.14. The Balaban J connectivity index is 1.77. The number of hydrogen-bond donors (Lipinski definition) is 2. The van der Waals surface area contributed by atoms with E-state index in [1.807, 2.05) is 4.57 Å². The molecule has 0 unspecified atom stereocenters. The summed E-state index contributed by atoms with van der Waals surface area (Å²) < 4.78 is 15.5. The molecule has 1 saturated carbocycles. The van der Waals surface area contributed by atoms with Gasteiger partial charge < -0.3 is 15.4 Å². The minimum atomic E-state index is -0.931. The van der Waals surface area contributed by atoms with Gasteiger partial charge in [-0.2, -0.15) is 0 Å². The predicted molar refractivity (Wildman–Crippen MR) is 109 cm³/mol. The first kappa shape index (κ1) is 19.1. The maximum absolute atomic E-state index is 13.4. The second-order valence-electron chi connectivity index (χ2n) is 7.30. The number of aromatic nitrogens is 4. The van der Waals surface area contributed by atoms with E-state index in [0.717, 1.165) is 24.1 Å². The Morgan fingerprint density at radius 3 is 2.55 bits per heavy atom. The van der Waals surface area contributed by atoms with Crippen LogP contribution in [-0.4, -0.2) is 30.2 Å². The van der Waals surface area contributed by atoms with E-state index in [4.69, 9.17) is 5.73 Å². The minimum absolute atomic E-state index is 0.121. The number of imidazole rings is 1. The predicted octanol–water partition coefficient (Wildman–Crippen LogP) is 3.60. The SMILES string of the molecule is CC#CC1(O)CCC(n2cnc(-c3ccc(F)cc3)c2-c2nccc(N)n2)CC1. The van der Waals surface area contributed by atoms with Crippen molar-refractivity contribution >= 4 is 5.82 Å². The highest BCUT2D eigenvalue weighted by Gasteiger charge is 2.34. The molecule has 1 aliphatic rings. The molecule has 0 aliphatic heterocycles. The minimum Gasteiger partial charge on any atom is -0.384 e. The lowest BCUT2D eigenvalue weighted by Crippen LogP contribution is -2.33. The summed E-state index contributed by atoms with van der Waals surface area (Å²) in [5.41, 5.74) is 7.14. The maximum Gasteiger partial charge on any atom is 0.180 e. The summed E-state index contributed by atoms with van der Waals surface area (Å²) >= 11 is 0. The van der Waals surface area contributed by atoms with Crippen LogP contribution < -0.4 is 5.73 Å². The van der Waals surface area contributed by atoms with E-state index in [-0.39, 0.29) is 11.9 Å². The Labute approximate surface area is 168 Å². The van der Waals surface area contributed by atoms with Gasteiger partial charge in [-0.25, -0.2) is 19.3 Å². The van der Waals surface area contributed by atoms with Crippen LogP contribution in [0.4, 0.5) is 10.2 Å². The Hall–Kier alpha value is -3.24. The van der Waals surface area contributed by atoms with Crippen LogP contribution in [0.3, 0.4) is 0 Å². The van der Waals surface area contributed by atoms with Crippen LogP contribution in [0.2, 0.25) is 0 Å². The van der Waals surface area contributed by atoms with Crippen molar-refractivity contribution in [3.63, 3.8) is 0 Å². The normalized spacial score (nSPS) is 21.4. The van der Waals surface area contributed by atoms with Crippen LogP contribution in [0.15, 0.2) is 42.9 Å². The molecule has 2 aromatic heterocycles. The molecule has 0 amide bonds. The molecule has 1 aliphatic carbocycles. The van der Waals surface area contributed by atoms with E-state index >= 15 is 0 Å². The quantitative estimate of drug-likeness (QED) is 0.666. The molecule has 0 atom stereocenters. The summed E-state index contributed by atoms with van der Waals surface area (Å²) in [5, 5.41) is 10.6. The molecule has 7 heteroatoms. The van der Waals surface area contributed by atoms with Gasteiger partial charge in [0, 0.05) is 17.8 Å². The molecule has 1 fully saturated rings. The second kappa shape index (κ2) is 7.64. The summed E-state index contributed by atoms with van der Waals surface area (Å²) in [6.07, 6.45) is 6.04. The molecule has 1 aromatic carbocycles. The Kier molecular flexibility index (Phi) is 5.03. The van der Waals surface area contributed by atoms with Crippen molar-refractivity contribution in [3.8, 4) is 34.6 Å². The van der Waals surface area contributed by atoms with E-state index in [2.05, 4.69) is 26.8 Å². The Morgan fingerprint density at radius 2 is 1.90 bits per heavy atom. The van der Waals surface area contributed by atoms with Crippen LogP contribution in [0.1, 0.15) is 38.6 Å². The molecule has 4 rings (SSSR count). The largest absolute Gasteiger partial charge is 0.384 e. The van der Waals surface area contributed by atoms with Gasteiger partial charge in [0.1, 0.15) is 22.9 Å². The molecule has 3 N–H and O–H groups in total. The standard InChI is InChI=1S/C22H22FN5O/c1-2-10-22(29)11-7-17(8-12-22)28-14-26-19(15-3-5-16(23)6-4-15)20(28)21-25-13-9-18(24)27-21/h3-6,9,13-14,17,29H,7-8,11-12H2,1H3,(H2,24,25,27). The Morgan fingerprint density at radius 1 is 1.17 bits per heavy atom. The zero-order valence-electron chi connectivity index (χ0n) is 16.1. The summed E-state index contributed by atoms with van der Waals surface area (Å²) in [6.45, 7) is 1.74. The molecule has 0 radical (unpaired) electrons. The van der Waals surface area contributed by atoms with Gasteiger partial charge in [-0.1, -0.05) is 5.92 Å². The van der Waals surface area contributed by atoms with Gasteiger partial charge in [0.05, 0.1) is 12.0 Å². The van der Waals surface area contributed by atoms with Crippen molar-refractivity contribution in [1.82, 2.24) is 19.5 Å². The van der Waals surface area contributed by atoms with Crippen molar-refractivity contribution in [2.24, 2.45) is 0 Å². The third kappa shape index (κ3) is 3.84. The number of nitrogens with zero attached hydrogens (tertiary/aromatic N) is 4. The molecular weight excluding hydrogens is 369 g/mol.